The van der Waals surface area contributed by atoms with E-state index in [-0.39, 0.29) is 6.61 Å². The molecule has 0 aliphatic rings. The number of halogens is 2. The Balaban J connectivity index is 1.71. The van der Waals surface area contributed by atoms with Crippen LogP contribution in [0.4, 0.5) is 5.69 Å². The van der Waals surface area contributed by atoms with Gasteiger partial charge < -0.3 is 19.6 Å². The number of hydrogen-bond acceptors (Lipinski definition) is 4. The van der Waals surface area contributed by atoms with Crippen molar-refractivity contribution >= 4 is 28.9 Å². The SMILES string of the molecule is OC(CNc1cc(Cl)ccc1Cl)COCc1ccco1. The van der Waals surface area contributed by atoms with E-state index in [1.807, 2.05) is 6.07 Å². The van der Waals surface area contributed by atoms with E-state index in [4.69, 9.17) is 32.4 Å². The third-order valence-electron chi connectivity index (χ3n) is 2.59. The zero-order valence-corrected chi connectivity index (χ0v) is 12.2. The molecule has 1 heterocycles. The van der Waals surface area contributed by atoms with Gasteiger partial charge in [0.1, 0.15) is 12.4 Å². The van der Waals surface area contributed by atoms with E-state index in [1.54, 1.807) is 30.5 Å². The first-order valence-corrected chi connectivity index (χ1v) is 6.88. The maximum Gasteiger partial charge on any atom is 0.129 e. The Kier molecular flexibility index (Phi) is 5.73. The summed E-state index contributed by atoms with van der Waals surface area (Å²) in [6.07, 6.45) is 0.928. The Labute approximate surface area is 127 Å². The summed E-state index contributed by atoms with van der Waals surface area (Å²) in [5, 5.41) is 14.0. The van der Waals surface area contributed by atoms with Crippen molar-refractivity contribution in [2.45, 2.75) is 12.7 Å². The van der Waals surface area contributed by atoms with Gasteiger partial charge in [0.05, 0.1) is 29.7 Å². The summed E-state index contributed by atoms with van der Waals surface area (Å²) in [6, 6.07) is 8.72. The Morgan fingerprint density at radius 2 is 2.15 bits per heavy atom. The van der Waals surface area contributed by atoms with Crippen molar-refractivity contribution in [2.24, 2.45) is 0 Å². The molecule has 0 radical (unpaired) electrons. The zero-order valence-electron chi connectivity index (χ0n) is 10.7. The number of aliphatic hydroxyl groups is 1. The number of anilines is 1. The van der Waals surface area contributed by atoms with E-state index < -0.39 is 6.10 Å². The number of benzene rings is 1. The fourth-order valence-corrected chi connectivity index (χ4v) is 1.97. The molecule has 0 saturated carbocycles. The lowest BCUT2D eigenvalue weighted by Gasteiger charge is -2.14. The summed E-state index contributed by atoms with van der Waals surface area (Å²) in [5.74, 6) is 0.725. The zero-order chi connectivity index (χ0) is 14.4. The van der Waals surface area contributed by atoms with E-state index in [0.717, 1.165) is 5.76 Å². The van der Waals surface area contributed by atoms with Crippen LogP contribution in [0.1, 0.15) is 5.76 Å². The molecule has 2 rings (SSSR count). The fraction of sp³-hybridized carbons (Fsp3) is 0.286. The Hall–Kier alpha value is -1.20. The van der Waals surface area contributed by atoms with Gasteiger partial charge in [-0.05, 0) is 30.3 Å². The molecule has 0 fully saturated rings. The van der Waals surface area contributed by atoms with Gasteiger partial charge in [0, 0.05) is 11.6 Å². The minimum atomic E-state index is -0.653. The summed E-state index contributed by atoms with van der Waals surface area (Å²) in [7, 11) is 0. The predicted octanol–water partition coefficient (Wildman–Crippen LogP) is 3.58. The first kappa shape index (κ1) is 15.2. The molecule has 6 heteroatoms. The highest BCUT2D eigenvalue weighted by Crippen LogP contribution is 2.25. The van der Waals surface area contributed by atoms with Crippen LogP contribution >= 0.6 is 23.2 Å². The topological polar surface area (TPSA) is 54.6 Å². The summed E-state index contributed by atoms with van der Waals surface area (Å²) in [6.45, 7) is 0.853. The molecule has 0 aliphatic heterocycles. The third-order valence-corrected chi connectivity index (χ3v) is 3.16. The van der Waals surface area contributed by atoms with Gasteiger partial charge in [0.25, 0.3) is 0 Å². The summed E-state index contributed by atoms with van der Waals surface area (Å²) in [4.78, 5) is 0. The van der Waals surface area contributed by atoms with Crippen molar-refractivity contribution in [3.05, 3.63) is 52.4 Å². The first-order chi connectivity index (χ1) is 9.65. The van der Waals surface area contributed by atoms with Gasteiger partial charge in [-0.2, -0.15) is 0 Å². The molecule has 1 atom stereocenters. The highest BCUT2D eigenvalue weighted by molar-refractivity contribution is 6.35. The van der Waals surface area contributed by atoms with E-state index >= 15 is 0 Å². The van der Waals surface area contributed by atoms with Crippen molar-refractivity contribution in [1.29, 1.82) is 0 Å². The Bertz CT molecular complexity index is 531. The molecule has 1 unspecified atom stereocenters. The quantitative estimate of drug-likeness (QED) is 0.820. The monoisotopic (exact) mass is 315 g/mol. The van der Waals surface area contributed by atoms with Gasteiger partial charge in [-0.1, -0.05) is 23.2 Å². The molecule has 2 N–H and O–H groups in total. The van der Waals surface area contributed by atoms with Crippen molar-refractivity contribution in [3.8, 4) is 0 Å². The molecule has 0 spiro atoms. The number of furan rings is 1. The van der Waals surface area contributed by atoms with E-state index in [9.17, 15) is 5.11 Å². The predicted molar refractivity (Wildman–Crippen MR) is 79.3 cm³/mol. The van der Waals surface area contributed by atoms with Crippen molar-refractivity contribution in [1.82, 2.24) is 0 Å². The van der Waals surface area contributed by atoms with Crippen LogP contribution in [0.3, 0.4) is 0 Å². The van der Waals surface area contributed by atoms with Crippen LogP contribution in [0, 0.1) is 0 Å². The Morgan fingerprint density at radius 1 is 1.30 bits per heavy atom. The van der Waals surface area contributed by atoms with Crippen LogP contribution in [0.5, 0.6) is 0 Å². The van der Waals surface area contributed by atoms with Gasteiger partial charge in [-0.15, -0.1) is 0 Å². The molecular weight excluding hydrogens is 301 g/mol. The molecule has 108 valence electrons. The number of hydrogen-bond donors (Lipinski definition) is 2. The first-order valence-electron chi connectivity index (χ1n) is 6.12. The average molecular weight is 316 g/mol. The number of rotatable bonds is 7. The molecule has 4 nitrogen and oxygen atoms in total. The van der Waals surface area contributed by atoms with Crippen LogP contribution in [-0.4, -0.2) is 24.4 Å². The molecule has 1 aromatic carbocycles. The smallest absolute Gasteiger partial charge is 0.129 e. The lowest BCUT2D eigenvalue weighted by Crippen LogP contribution is -2.24. The fourth-order valence-electron chi connectivity index (χ4n) is 1.61. The van der Waals surface area contributed by atoms with Gasteiger partial charge in [0.2, 0.25) is 0 Å². The van der Waals surface area contributed by atoms with Gasteiger partial charge in [-0.3, -0.25) is 0 Å². The number of aliphatic hydroxyl groups excluding tert-OH is 1. The van der Waals surface area contributed by atoms with Crippen molar-refractivity contribution in [3.63, 3.8) is 0 Å². The molecule has 2 aromatic rings. The minimum absolute atomic E-state index is 0.200. The van der Waals surface area contributed by atoms with Crippen molar-refractivity contribution in [2.75, 3.05) is 18.5 Å². The molecular formula is C14H15Cl2NO3. The molecule has 0 aliphatic carbocycles. The molecule has 0 amide bonds. The third kappa shape index (κ3) is 4.72. The van der Waals surface area contributed by atoms with Gasteiger partial charge in [-0.25, -0.2) is 0 Å². The van der Waals surface area contributed by atoms with Crippen LogP contribution in [0.25, 0.3) is 0 Å². The highest BCUT2D eigenvalue weighted by Gasteiger charge is 2.07. The van der Waals surface area contributed by atoms with Crippen LogP contribution < -0.4 is 5.32 Å². The van der Waals surface area contributed by atoms with Crippen LogP contribution in [-0.2, 0) is 11.3 Å². The summed E-state index contributed by atoms with van der Waals surface area (Å²) >= 11 is 11.9. The maximum atomic E-state index is 9.81. The second-order valence-electron chi connectivity index (χ2n) is 4.25. The number of ether oxygens (including phenoxy) is 1. The standard InChI is InChI=1S/C14H15Cl2NO3/c15-10-3-4-13(16)14(6-10)17-7-11(18)8-19-9-12-2-1-5-20-12/h1-6,11,17-18H,7-9H2. The van der Waals surface area contributed by atoms with Gasteiger partial charge in [0.15, 0.2) is 0 Å². The van der Waals surface area contributed by atoms with Gasteiger partial charge >= 0.3 is 0 Å². The molecule has 1 aromatic heterocycles. The molecule has 0 bridgehead atoms. The minimum Gasteiger partial charge on any atom is -0.467 e. The summed E-state index contributed by atoms with van der Waals surface area (Å²) in [5.41, 5.74) is 0.684. The summed E-state index contributed by atoms with van der Waals surface area (Å²) < 4.78 is 10.5. The largest absolute Gasteiger partial charge is 0.467 e. The lowest BCUT2D eigenvalue weighted by atomic mass is 10.3. The van der Waals surface area contributed by atoms with E-state index in [0.29, 0.717) is 28.9 Å². The average Bonchev–Trinajstić information content (AvgIpc) is 2.93. The van der Waals surface area contributed by atoms with Crippen LogP contribution in [0.15, 0.2) is 41.0 Å². The second-order valence-corrected chi connectivity index (χ2v) is 5.10. The van der Waals surface area contributed by atoms with Crippen molar-refractivity contribution < 1.29 is 14.3 Å². The lowest BCUT2D eigenvalue weighted by molar-refractivity contribution is 0.0282. The molecule has 20 heavy (non-hydrogen) atoms. The normalized spacial score (nSPS) is 12.3. The second kappa shape index (κ2) is 7.55. The maximum absolute atomic E-state index is 9.81. The van der Waals surface area contributed by atoms with E-state index in [2.05, 4.69) is 5.32 Å². The Morgan fingerprint density at radius 3 is 2.90 bits per heavy atom. The number of nitrogens with one attached hydrogen (secondary N) is 1. The molecule has 0 saturated heterocycles. The van der Waals surface area contributed by atoms with Crippen LogP contribution in [0.2, 0.25) is 10.0 Å². The van der Waals surface area contributed by atoms with E-state index in [1.165, 1.54) is 0 Å². The highest BCUT2D eigenvalue weighted by atomic mass is 35.5.